The third-order valence-corrected chi connectivity index (χ3v) is 7.13. The van der Waals surface area contributed by atoms with E-state index in [1.165, 1.54) is 25.3 Å². The molecule has 2 aliphatic carbocycles. The van der Waals surface area contributed by atoms with E-state index in [1.807, 2.05) is 6.07 Å². The minimum Gasteiger partial charge on any atom is -0.399 e. The lowest BCUT2D eigenvalue weighted by atomic mass is 9.76. The van der Waals surface area contributed by atoms with Gasteiger partial charge in [0.05, 0.1) is 0 Å². The van der Waals surface area contributed by atoms with E-state index in [-0.39, 0.29) is 24.0 Å². The SMILES string of the molecule is CCCCC1CCC(c2ccc(C3=Cc4cc(F)c(OC(F)(F)F)c(F)c4CC3)c(F)c2)CC1. The Balaban J connectivity index is 1.53. The van der Waals surface area contributed by atoms with Gasteiger partial charge in [-0.05, 0) is 84.8 Å². The number of unbranched alkanes of at least 4 members (excludes halogenated alkanes) is 1. The Morgan fingerprint density at radius 3 is 2.32 bits per heavy atom. The van der Waals surface area contributed by atoms with Crippen LogP contribution in [0.5, 0.6) is 5.75 Å². The van der Waals surface area contributed by atoms with E-state index >= 15 is 4.39 Å². The number of alkyl halides is 3. The molecule has 0 atom stereocenters. The highest BCUT2D eigenvalue weighted by Crippen LogP contribution is 2.41. The molecule has 1 fully saturated rings. The van der Waals surface area contributed by atoms with Gasteiger partial charge in [0.2, 0.25) is 5.75 Å². The van der Waals surface area contributed by atoms with Crippen molar-refractivity contribution in [3.8, 4) is 5.75 Å². The van der Waals surface area contributed by atoms with Gasteiger partial charge in [0.15, 0.2) is 11.6 Å². The minimum absolute atomic E-state index is 0.0183. The third kappa shape index (κ3) is 5.44. The third-order valence-electron chi connectivity index (χ3n) is 7.13. The van der Waals surface area contributed by atoms with Crippen LogP contribution in [0.15, 0.2) is 24.3 Å². The van der Waals surface area contributed by atoms with Gasteiger partial charge in [-0.2, -0.15) is 0 Å². The molecule has 0 aliphatic heterocycles. The summed E-state index contributed by atoms with van der Waals surface area (Å²) < 4.78 is 84.8. The molecule has 2 aliphatic rings. The average Bonchev–Trinajstić information content (AvgIpc) is 2.80. The summed E-state index contributed by atoms with van der Waals surface area (Å²) in [6.45, 7) is 2.20. The van der Waals surface area contributed by atoms with Gasteiger partial charge < -0.3 is 4.74 Å². The lowest BCUT2D eigenvalue weighted by molar-refractivity contribution is -0.276. The van der Waals surface area contributed by atoms with Crippen molar-refractivity contribution >= 4 is 11.6 Å². The molecule has 0 N–H and O–H groups in total. The molecular formula is C27H28F6O. The molecule has 0 heterocycles. The maximum atomic E-state index is 15.1. The summed E-state index contributed by atoms with van der Waals surface area (Å²) in [6.07, 6.45) is 4.61. The van der Waals surface area contributed by atoms with Gasteiger partial charge in [-0.25, -0.2) is 13.2 Å². The molecule has 0 saturated heterocycles. The minimum atomic E-state index is -5.20. The van der Waals surface area contributed by atoms with Crippen LogP contribution in [0.3, 0.4) is 0 Å². The molecule has 0 aromatic heterocycles. The van der Waals surface area contributed by atoms with Gasteiger partial charge in [0, 0.05) is 5.56 Å². The number of rotatable bonds is 6. The van der Waals surface area contributed by atoms with Gasteiger partial charge in [0.1, 0.15) is 5.82 Å². The molecule has 184 valence electrons. The molecule has 7 heteroatoms. The molecule has 1 saturated carbocycles. The normalized spacial score (nSPS) is 20.6. The largest absolute Gasteiger partial charge is 0.573 e. The first kappa shape index (κ1) is 24.7. The van der Waals surface area contributed by atoms with Crippen molar-refractivity contribution in [2.24, 2.45) is 5.92 Å². The van der Waals surface area contributed by atoms with Gasteiger partial charge in [0.25, 0.3) is 0 Å². The molecule has 0 bridgehead atoms. The topological polar surface area (TPSA) is 9.23 Å². The second kappa shape index (κ2) is 10.0. The van der Waals surface area contributed by atoms with E-state index < -0.39 is 29.6 Å². The standard InChI is InChI=1S/C27H28F6O/c1-2-3-4-16-5-7-17(8-6-16)18-9-11-21(23(28)14-18)19-10-12-22-20(13-19)15-24(29)26(25(22)30)34-27(31,32)33/h9,11,13-17H,2-8,10,12H2,1H3. The second-order valence-corrected chi connectivity index (χ2v) is 9.39. The predicted octanol–water partition coefficient (Wildman–Crippen LogP) is 8.95. The first-order valence-electron chi connectivity index (χ1n) is 11.9. The fourth-order valence-electron chi connectivity index (χ4n) is 5.30. The number of hydrogen-bond acceptors (Lipinski definition) is 1. The van der Waals surface area contributed by atoms with Crippen LogP contribution < -0.4 is 4.74 Å². The molecule has 4 rings (SSSR count). The predicted molar refractivity (Wildman–Crippen MR) is 120 cm³/mol. The molecule has 2 aromatic carbocycles. The number of halogens is 6. The Hall–Kier alpha value is -2.44. The molecular weight excluding hydrogens is 454 g/mol. The Kier molecular flexibility index (Phi) is 7.29. The van der Waals surface area contributed by atoms with Crippen LogP contribution in [0.25, 0.3) is 11.6 Å². The summed E-state index contributed by atoms with van der Waals surface area (Å²) in [6, 6.07) is 6.00. The second-order valence-electron chi connectivity index (χ2n) is 9.39. The maximum Gasteiger partial charge on any atom is 0.573 e. The van der Waals surface area contributed by atoms with Crippen LogP contribution in [-0.4, -0.2) is 6.36 Å². The van der Waals surface area contributed by atoms with Gasteiger partial charge in [-0.15, -0.1) is 13.2 Å². The first-order valence-corrected chi connectivity index (χ1v) is 11.9. The van der Waals surface area contributed by atoms with E-state index in [0.717, 1.165) is 43.2 Å². The fraction of sp³-hybridized carbons (Fsp3) is 0.481. The van der Waals surface area contributed by atoms with Crippen molar-refractivity contribution in [3.05, 3.63) is 64.0 Å². The van der Waals surface area contributed by atoms with Crippen molar-refractivity contribution in [3.63, 3.8) is 0 Å². The van der Waals surface area contributed by atoms with Crippen molar-refractivity contribution in [1.29, 1.82) is 0 Å². The smallest absolute Gasteiger partial charge is 0.399 e. The quantitative estimate of drug-likeness (QED) is 0.374. The molecule has 0 radical (unpaired) electrons. The van der Waals surface area contributed by atoms with Crippen LogP contribution in [0.1, 0.15) is 86.5 Å². The van der Waals surface area contributed by atoms with Crippen LogP contribution in [-0.2, 0) is 6.42 Å². The lowest BCUT2D eigenvalue weighted by Crippen LogP contribution is -2.20. The molecule has 2 aromatic rings. The van der Waals surface area contributed by atoms with Crippen LogP contribution in [0, 0.1) is 23.4 Å². The zero-order chi connectivity index (χ0) is 24.5. The Labute approximate surface area is 195 Å². The Morgan fingerprint density at radius 2 is 1.68 bits per heavy atom. The summed E-state index contributed by atoms with van der Waals surface area (Å²) >= 11 is 0. The molecule has 0 unspecified atom stereocenters. The molecule has 34 heavy (non-hydrogen) atoms. The zero-order valence-corrected chi connectivity index (χ0v) is 19.1. The van der Waals surface area contributed by atoms with Crippen molar-refractivity contribution < 1.29 is 31.1 Å². The average molecular weight is 483 g/mol. The van der Waals surface area contributed by atoms with Crippen molar-refractivity contribution in [2.75, 3.05) is 0 Å². The molecule has 1 nitrogen and oxygen atoms in total. The first-order chi connectivity index (χ1) is 16.2. The van der Waals surface area contributed by atoms with Crippen LogP contribution >= 0.6 is 0 Å². The van der Waals surface area contributed by atoms with E-state index in [0.29, 0.717) is 17.1 Å². The summed E-state index contributed by atoms with van der Waals surface area (Å²) in [5.41, 5.74) is 1.91. The summed E-state index contributed by atoms with van der Waals surface area (Å²) in [5.74, 6) is -3.57. The fourth-order valence-corrected chi connectivity index (χ4v) is 5.30. The highest BCUT2D eigenvalue weighted by atomic mass is 19.4. The monoisotopic (exact) mass is 482 g/mol. The summed E-state index contributed by atoms with van der Waals surface area (Å²) in [7, 11) is 0. The Bertz CT molecular complexity index is 1060. The molecule has 0 spiro atoms. The van der Waals surface area contributed by atoms with Crippen LogP contribution in [0.2, 0.25) is 0 Å². The van der Waals surface area contributed by atoms with E-state index in [1.54, 1.807) is 12.1 Å². The van der Waals surface area contributed by atoms with Crippen molar-refractivity contribution in [1.82, 2.24) is 0 Å². The number of fused-ring (bicyclic) bond motifs is 1. The Morgan fingerprint density at radius 1 is 0.941 bits per heavy atom. The van der Waals surface area contributed by atoms with Gasteiger partial charge in [-0.3, -0.25) is 0 Å². The van der Waals surface area contributed by atoms with Crippen molar-refractivity contribution in [2.45, 2.75) is 77.0 Å². The van der Waals surface area contributed by atoms with Crippen LogP contribution in [0.4, 0.5) is 26.3 Å². The maximum absolute atomic E-state index is 15.1. The number of benzene rings is 2. The summed E-state index contributed by atoms with van der Waals surface area (Å²) in [5, 5.41) is 0. The number of ether oxygens (including phenoxy) is 1. The number of allylic oxidation sites excluding steroid dienone is 1. The summed E-state index contributed by atoms with van der Waals surface area (Å²) in [4.78, 5) is 0. The molecule has 0 amide bonds. The number of hydrogen-bond donors (Lipinski definition) is 0. The van der Waals surface area contributed by atoms with Gasteiger partial charge >= 0.3 is 6.36 Å². The zero-order valence-electron chi connectivity index (χ0n) is 19.1. The highest BCUT2D eigenvalue weighted by Gasteiger charge is 2.35. The van der Waals surface area contributed by atoms with E-state index in [4.69, 9.17) is 0 Å². The van der Waals surface area contributed by atoms with E-state index in [2.05, 4.69) is 11.7 Å². The highest BCUT2D eigenvalue weighted by molar-refractivity contribution is 5.85. The van der Waals surface area contributed by atoms with Gasteiger partial charge in [-0.1, -0.05) is 44.4 Å². The van der Waals surface area contributed by atoms with E-state index in [9.17, 15) is 22.0 Å². The lowest BCUT2D eigenvalue weighted by Gasteiger charge is -2.29.